The van der Waals surface area contributed by atoms with Crippen LogP contribution in [0, 0.1) is 0 Å². The Morgan fingerprint density at radius 1 is 1.00 bits per heavy atom. The number of fused-ring (bicyclic) bond motifs is 1. The minimum Gasteiger partial charge on any atom is -0.388 e. The van der Waals surface area contributed by atoms with Crippen LogP contribution >= 0.6 is 0 Å². The van der Waals surface area contributed by atoms with E-state index in [1.165, 1.54) is 12.1 Å². The van der Waals surface area contributed by atoms with Gasteiger partial charge in [0.05, 0.1) is 35.5 Å². The maximum Gasteiger partial charge on any atom is 0.252 e. The van der Waals surface area contributed by atoms with Crippen LogP contribution < -0.4 is 5.32 Å². The van der Waals surface area contributed by atoms with Crippen molar-refractivity contribution in [1.82, 2.24) is 5.32 Å². The van der Waals surface area contributed by atoms with Gasteiger partial charge in [0.2, 0.25) is 0 Å². The molecular formula is C20H21NO6S. The number of hydrogen-bond acceptors (Lipinski definition) is 6. The van der Waals surface area contributed by atoms with Crippen LogP contribution in [0.1, 0.15) is 15.9 Å². The summed E-state index contributed by atoms with van der Waals surface area (Å²) in [6.45, 7) is 0.362. The Labute approximate surface area is 163 Å². The lowest BCUT2D eigenvalue weighted by molar-refractivity contribution is 0.0178. The average molecular weight is 403 g/mol. The summed E-state index contributed by atoms with van der Waals surface area (Å²) >= 11 is 0. The van der Waals surface area contributed by atoms with Crippen LogP contribution in [0.25, 0.3) is 0 Å². The third-order valence-corrected chi connectivity index (χ3v) is 6.75. The van der Waals surface area contributed by atoms with Crippen molar-refractivity contribution in [1.29, 1.82) is 0 Å². The highest BCUT2D eigenvalue weighted by molar-refractivity contribution is 7.90. The number of benzene rings is 2. The number of aliphatic hydroxyl groups is 1. The molecule has 2 aromatic carbocycles. The fourth-order valence-electron chi connectivity index (χ4n) is 3.65. The number of rotatable bonds is 5. The molecule has 0 radical (unpaired) electrons. The molecular weight excluding hydrogens is 382 g/mol. The number of sulfone groups is 1. The first-order valence-corrected chi connectivity index (χ1v) is 10.7. The average Bonchev–Trinajstić information content (AvgIpc) is 3.26. The van der Waals surface area contributed by atoms with Crippen LogP contribution in [0.2, 0.25) is 0 Å². The Bertz CT molecular complexity index is 962. The third kappa shape index (κ3) is 3.68. The van der Waals surface area contributed by atoms with Gasteiger partial charge >= 0.3 is 0 Å². The third-order valence-electron chi connectivity index (χ3n) is 5.01. The smallest absolute Gasteiger partial charge is 0.252 e. The van der Waals surface area contributed by atoms with Crippen LogP contribution in [0.3, 0.4) is 0 Å². The summed E-state index contributed by atoms with van der Waals surface area (Å²) in [6.07, 6.45) is -1.63. The second-order valence-electron chi connectivity index (χ2n) is 6.98. The summed E-state index contributed by atoms with van der Waals surface area (Å²) in [4.78, 5) is 12.8. The number of hydrogen-bond donors (Lipinski definition) is 2. The lowest BCUT2D eigenvalue weighted by Crippen LogP contribution is -2.44. The number of amides is 1. The molecule has 8 heteroatoms. The second kappa shape index (κ2) is 7.63. The Hall–Kier alpha value is -2.26. The van der Waals surface area contributed by atoms with E-state index < -0.39 is 40.1 Å². The molecule has 2 N–H and O–H groups in total. The van der Waals surface area contributed by atoms with Crippen molar-refractivity contribution in [3.05, 3.63) is 65.7 Å². The van der Waals surface area contributed by atoms with E-state index in [2.05, 4.69) is 5.32 Å². The molecule has 2 aromatic rings. The van der Waals surface area contributed by atoms with E-state index in [4.69, 9.17) is 9.47 Å². The van der Waals surface area contributed by atoms with Gasteiger partial charge in [0.15, 0.2) is 9.84 Å². The molecule has 7 nitrogen and oxygen atoms in total. The number of carbonyl (C=O) groups excluding carboxylic acids is 1. The summed E-state index contributed by atoms with van der Waals surface area (Å²) < 4.78 is 36.9. The van der Waals surface area contributed by atoms with E-state index in [1.807, 2.05) is 6.07 Å². The molecule has 2 heterocycles. The van der Waals surface area contributed by atoms with E-state index in [-0.39, 0.29) is 29.4 Å². The molecule has 148 valence electrons. The molecule has 4 atom stereocenters. The van der Waals surface area contributed by atoms with Gasteiger partial charge in [-0.2, -0.15) is 0 Å². The molecule has 0 aliphatic carbocycles. The van der Waals surface area contributed by atoms with E-state index in [0.717, 1.165) is 0 Å². The van der Waals surface area contributed by atoms with Gasteiger partial charge in [-0.25, -0.2) is 8.42 Å². The van der Waals surface area contributed by atoms with Gasteiger partial charge in [0, 0.05) is 0 Å². The Balaban J connectivity index is 1.55. The minimum atomic E-state index is -3.71. The second-order valence-corrected chi connectivity index (χ2v) is 8.94. The fraction of sp³-hybridized carbons (Fsp3) is 0.350. The van der Waals surface area contributed by atoms with Crippen molar-refractivity contribution in [3.8, 4) is 0 Å². The molecule has 28 heavy (non-hydrogen) atoms. The van der Waals surface area contributed by atoms with Gasteiger partial charge in [-0.1, -0.05) is 42.5 Å². The highest BCUT2D eigenvalue weighted by atomic mass is 32.2. The van der Waals surface area contributed by atoms with Crippen molar-refractivity contribution in [2.75, 3.05) is 13.2 Å². The zero-order valence-corrected chi connectivity index (χ0v) is 15.8. The highest BCUT2D eigenvalue weighted by Crippen LogP contribution is 2.28. The van der Waals surface area contributed by atoms with Crippen LogP contribution in [-0.4, -0.2) is 57.0 Å². The number of carbonyl (C=O) groups is 1. The molecule has 0 aromatic heterocycles. The molecule has 0 saturated carbocycles. The Kier molecular flexibility index (Phi) is 5.20. The molecule has 0 spiro atoms. The zero-order chi connectivity index (χ0) is 19.7. The maximum absolute atomic E-state index is 12.9. The molecule has 4 rings (SSSR count). The number of ether oxygens (including phenoxy) is 2. The fourth-order valence-corrected chi connectivity index (χ4v) is 5.21. The molecule has 0 bridgehead atoms. The van der Waals surface area contributed by atoms with Crippen molar-refractivity contribution in [2.24, 2.45) is 0 Å². The summed E-state index contributed by atoms with van der Waals surface area (Å²) in [5.74, 6) is -0.698. The summed E-state index contributed by atoms with van der Waals surface area (Å²) in [7, 11) is -3.71. The van der Waals surface area contributed by atoms with Crippen LogP contribution in [0.15, 0.2) is 59.5 Å². The van der Waals surface area contributed by atoms with Gasteiger partial charge in [0.25, 0.3) is 5.91 Å². The minimum absolute atomic E-state index is 0.0146. The van der Waals surface area contributed by atoms with Crippen LogP contribution in [0.5, 0.6) is 0 Å². The lowest BCUT2D eigenvalue weighted by atomic mass is 10.1. The quantitative estimate of drug-likeness (QED) is 0.770. The highest BCUT2D eigenvalue weighted by Gasteiger charge is 2.47. The normalized spacial score (nSPS) is 26.8. The van der Waals surface area contributed by atoms with Crippen LogP contribution in [0.4, 0.5) is 0 Å². The van der Waals surface area contributed by atoms with Crippen molar-refractivity contribution >= 4 is 15.7 Å². The van der Waals surface area contributed by atoms with Crippen LogP contribution in [-0.2, 0) is 25.1 Å². The Morgan fingerprint density at radius 3 is 2.46 bits per heavy atom. The molecule has 2 fully saturated rings. The molecule has 1 amide bonds. The number of nitrogens with one attached hydrogen (secondary N) is 1. The topological polar surface area (TPSA) is 102 Å². The standard InChI is InChI=1S/C20H21NO6S/c22-16-11-27-18-15(10-26-19(16)18)21-20(23)14-8-4-5-9-17(14)28(24,25)12-13-6-2-1-3-7-13/h1-9,15-16,18-19,22H,10-12H2,(H,21,23)/t15-,16-,18+,19+/m0/s1. The van der Waals surface area contributed by atoms with Gasteiger partial charge < -0.3 is 19.9 Å². The van der Waals surface area contributed by atoms with E-state index in [1.54, 1.807) is 36.4 Å². The van der Waals surface area contributed by atoms with Gasteiger partial charge in [-0.15, -0.1) is 0 Å². The summed E-state index contributed by atoms with van der Waals surface area (Å²) in [5.41, 5.74) is 0.735. The largest absolute Gasteiger partial charge is 0.388 e. The first-order chi connectivity index (χ1) is 13.5. The monoisotopic (exact) mass is 403 g/mol. The van der Waals surface area contributed by atoms with Gasteiger partial charge in [0.1, 0.15) is 18.3 Å². The zero-order valence-electron chi connectivity index (χ0n) is 15.0. The predicted molar refractivity (Wildman–Crippen MR) is 101 cm³/mol. The van der Waals surface area contributed by atoms with Gasteiger partial charge in [-0.3, -0.25) is 4.79 Å². The van der Waals surface area contributed by atoms with E-state index in [9.17, 15) is 18.3 Å². The maximum atomic E-state index is 12.9. The summed E-state index contributed by atoms with van der Waals surface area (Å²) in [5, 5.41) is 12.6. The summed E-state index contributed by atoms with van der Waals surface area (Å²) in [6, 6.07) is 14.5. The van der Waals surface area contributed by atoms with Gasteiger partial charge in [-0.05, 0) is 17.7 Å². The van der Waals surface area contributed by atoms with Crippen molar-refractivity contribution in [2.45, 2.75) is 35.0 Å². The van der Waals surface area contributed by atoms with E-state index in [0.29, 0.717) is 5.56 Å². The molecule has 2 saturated heterocycles. The molecule has 2 aliphatic rings. The Morgan fingerprint density at radius 2 is 1.68 bits per heavy atom. The first kappa shape index (κ1) is 19.1. The number of aliphatic hydroxyl groups excluding tert-OH is 1. The molecule has 0 unspecified atom stereocenters. The lowest BCUT2D eigenvalue weighted by Gasteiger charge is -2.18. The molecule has 2 aliphatic heterocycles. The first-order valence-electron chi connectivity index (χ1n) is 9.03. The predicted octanol–water partition coefficient (Wildman–Crippen LogP) is 0.917. The van der Waals surface area contributed by atoms with Crippen molar-refractivity contribution < 1.29 is 27.8 Å². The van der Waals surface area contributed by atoms with Crippen molar-refractivity contribution in [3.63, 3.8) is 0 Å². The van der Waals surface area contributed by atoms with E-state index >= 15 is 0 Å². The SMILES string of the molecule is O=C(N[C@H]1CO[C@H]2[C@@H]1OC[C@@H]2O)c1ccccc1S(=O)(=O)Cc1ccccc1.